The molecule has 0 bridgehead atoms. The Balaban J connectivity index is 0.00000242. The van der Waals surface area contributed by atoms with E-state index in [1.807, 2.05) is 30.3 Å². The van der Waals surface area contributed by atoms with Crippen LogP contribution < -0.4 is 5.73 Å². The number of amides is 1. The number of sulfonamides is 1. The molecule has 0 radical (unpaired) electrons. The molecule has 0 aromatic heterocycles. The van der Waals surface area contributed by atoms with Gasteiger partial charge in [0, 0.05) is 38.6 Å². The largest absolute Gasteiger partial charge is 0.340 e. The standard InChI is InChI=1S/C14H21N3O3S.ClH/c1-21(19,20)17-9-7-16(8-10-17)14(18)11-13(15)12-5-3-2-4-6-12;/h2-6,13H,7-11,15H2,1H3;1H. The van der Waals surface area contributed by atoms with Crippen LogP contribution in [-0.2, 0) is 14.8 Å². The lowest BCUT2D eigenvalue weighted by molar-refractivity contribution is -0.132. The van der Waals surface area contributed by atoms with Crippen molar-refractivity contribution in [1.29, 1.82) is 0 Å². The molecule has 1 atom stereocenters. The zero-order valence-electron chi connectivity index (χ0n) is 12.5. The number of nitrogens with two attached hydrogens (primary N) is 1. The van der Waals surface area contributed by atoms with E-state index in [-0.39, 0.29) is 30.8 Å². The zero-order valence-corrected chi connectivity index (χ0v) is 14.1. The van der Waals surface area contributed by atoms with Gasteiger partial charge in [0.2, 0.25) is 15.9 Å². The molecule has 1 amide bonds. The van der Waals surface area contributed by atoms with Gasteiger partial charge in [0.1, 0.15) is 0 Å². The lowest BCUT2D eigenvalue weighted by Crippen LogP contribution is -2.50. The molecule has 1 fully saturated rings. The number of nitrogens with zero attached hydrogens (tertiary/aromatic N) is 2. The summed E-state index contributed by atoms with van der Waals surface area (Å²) in [5.41, 5.74) is 6.98. The van der Waals surface area contributed by atoms with Crippen LogP contribution in [0.3, 0.4) is 0 Å². The number of carbonyl (C=O) groups is 1. The predicted molar refractivity (Wildman–Crippen MR) is 88.2 cm³/mol. The molecule has 0 saturated carbocycles. The second-order valence-electron chi connectivity index (χ2n) is 5.26. The van der Waals surface area contributed by atoms with E-state index in [4.69, 9.17) is 5.73 Å². The van der Waals surface area contributed by atoms with Crippen molar-refractivity contribution in [2.24, 2.45) is 5.73 Å². The van der Waals surface area contributed by atoms with Crippen molar-refractivity contribution in [1.82, 2.24) is 9.21 Å². The molecule has 1 unspecified atom stereocenters. The highest BCUT2D eigenvalue weighted by Gasteiger charge is 2.26. The minimum atomic E-state index is -3.17. The van der Waals surface area contributed by atoms with Crippen LogP contribution >= 0.6 is 12.4 Å². The van der Waals surface area contributed by atoms with E-state index in [0.717, 1.165) is 5.56 Å². The monoisotopic (exact) mass is 347 g/mol. The number of hydrogen-bond donors (Lipinski definition) is 1. The van der Waals surface area contributed by atoms with Crippen LogP contribution in [0.4, 0.5) is 0 Å². The number of rotatable bonds is 4. The molecule has 8 heteroatoms. The first-order valence-corrected chi connectivity index (χ1v) is 8.76. The van der Waals surface area contributed by atoms with E-state index < -0.39 is 10.0 Å². The molecule has 1 aliphatic rings. The minimum absolute atomic E-state index is 0. The summed E-state index contributed by atoms with van der Waals surface area (Å²) >= 11 is 0. The summed E-state index contributed by atoms with van der Waals surface area (Å²) < 4.78 is 24.3. The van der Waals surface area contributed by atoms with E-state index in [0.29, 0.717) is 26.2 Å². The normalized spacial score (nSPS) is 17.6. The van der Waals surface area contributed by atoms with Crippen molar-refractivity contribution < 1.29 is 13.2 Å². The van der Waals surface area contributed by atoms with Gasteiger partial charge in [-0.1, -0.05) is 30.3 Å². The molecule has 124 valence electrons. The first-order chi connectivity index (χ1) is 9.88. The minimum Gasteiger partial charge on any atom is -0.340 e. The Morgan fingerprint density at radius 3 is 2.23 bits per heavy atom. The second kappa shape index (κ2) is 7.92. The molecule has 1 aliphatic heterocycles. The molecule has 2 N–H and O–H groups in total. The van der Waals surface area contributed by atoms with Crippen molar-refractivity contribution in [2.45, 2.75) is 12.5 Å². The van der Waals surface area contributed by atoms with Gasteiger partial charge >= 0.3 is 0 Å². The summed E-state index contributed by atoms with van der Waals surface area (Å²) in [6.07, 6.45) is 1.43. The highest BCUT2D eigenvalue weighted by atomic mass is 35.5. The summed E-state index contributed by atoms with van der Waals surface area (Å²) in [4.78, 5) is 13.9. The van der Waals surface area contributed by atoms with Gasteiger partial charge in [-0.05, 0) is 5.56 Å². The van der Waals surface area contributed by atoms with E-state index in [9.17, 15) is 13.2 Å². The van der Waals surface area contributed by atoms with Crippen LogP contribution in [0.5, 0.6) is 0 Å². The Morgan fingerprint density at radius 2 is 1.73 bits per heavy atom. The fourth-order valence-corrected chi connectivity index (χ4v) is 3.23. The van der Waals surface area contributed by atoms with E-state index in [2.05, 4.69) is 0 Å². The molecule has 1 heterocycles. The fraction of sp³-hybridized carbons (Fsp3) is 0.500. The molecular weight excluding hydrogens is 326 g/mol. The maximum atomic E-state index is 12.2. The van der Waals surface area contributed by atoms with Crippen LogP contribution in [0, 0.1) is 0 Å². The molecule has 1 aromatic carbocycles. The van der Waals surface area contributed by atoms with Crippen molar-refractivity contribution in [2.75, 3.05) is 32.4 Å². The zero-order chi connectivity index (χ0) is 15.5. The van der Waals surface area contributed by atoms with Crippen LogP contribution in [0.15, 0.2) is 30.3 Å². The van der Waals surface area contributed by atoms with Crippen molar-refractivity contribution in [3.8, 4) is 0 Å². The Labute approximate surface area is 137 Å². The number of benzene rings is 1. The number of halogens is 1. The van der Waals surface area contributed by atoms with Gasteiger partial charge < -0.3 is 10.6 Å². The van der Waals surface area contributed by atoms with Crippen molar-refractivity contribution in [3.63, 3.8) is 0 Å². The Kier molecular flexibility index (Phi) is 6.80. The maximum Gasteiger partial charge on any atom is 0.224 e. The third-order valence-electron chi connectivity index (χ3n) is 3.68. The third kappa shape index (κ3) is 4.95. The molecule has 0 aliphatic carbocycles. The maximum absolute atomic E-state index is 12.2. The summed E-state index contributed by atoms with van der Waals surface area (Å²) in [5, 5.41) is 0. The Hall–Kier alpha value is -1.15. The van der Waals surface area contributed by atoms with Gasteiger partial charge in [-0.2, -0.15) is 4.31 Å². The molecule has 1 aromatic rings. The summed E-state index contributed by atoms with van der Waals surface area (Å²) in [6, 6.07) is 9.17. The van der Waals surface area contributed by atoms with Gasteiger partial charge in [-0.25, -0.2) is 8.42 Å². The highest BCUT2D eigenvalue weighted by Crippen LogP contribution is 2.16. The summed E-state index contributed by atoms with van der Waals surface area (Å²) in [5.74, 6) is -0.0282. The first-order valence-electron chi connectivity index (χ1n) is 6.91. The van der Waals surface area contributed by atoms with Crippen molar-refractivity contribution in [3.05, 3.63) is 35.9 Å². The van der Waals surface area contributed by atoms with Gasteiger partial charge in [0.25, 0.3) is 0 Å². The Bertz CT molecular complexity index is 587. The lowest BCUT2D eigenvalue weighted by atomic mass is 10.0. The topological polar surface area (TPSA) is 83.7 Å². The van der Waals surface area contributed by atoms with Gasteiger partial charge in [-0.3, -0.25) is 4.79 Å². The molecule has 6 nitrogen and oxygen atoms in total. The van der Waals surface area contributed by atoms with E-state index in [1.165, 1.54) is 10.6 Å². The van der Waals surface area contributed by atoms with E-state index >= 15 is 0 Å². The molecule has 22 heavy (non-hydrogen) atoms. The highest BCUT2D eigenvalue weighted by molar-refractivity contribution is 7.88. The van der Waals surface area contributed by atoms with Crippen molar-refractivity contribution >= 4 is 28.3 Å². The van der Waals surface area contributed by atoms with Gasteiger partial charge in [0.05, 0.1) is 6.26 Å². The van der Waals surface area contributed by atoms with Crippen LogP contribution in [0.1, 0.15) is 18.0 Å². The number of hydrogen-bond acceptors (Lipinski definition) is 4. The first kappa shape index (κ1) is 18.9. The lowest BCUT2D eigenvalue weighted by Gasteiger charge is -2.33. The summed E-state index contributed by atoms with van der Waals surface area (Å²) in [7, 11) is -3.17. The summed E-state index contributed by atoms with van der Waals surface area (Å²) in [6.45, 7) is 1.55. The molecule has 2 rings (SSSR count). The second-order valence-corrected chi connectivity index (χ2v) is 7.25. The number of carbonyl (C=O) groups excluding carboxylic acids is 1. The quantitative estimate of drug-likeness (QED) is 0.864. The molecule has 0 spiro atoms. The molecular formula is C14H22ClN3O3S. The SMILES string of the molecule is CS(=O)(=O)N1CCN(C(=O)CC(N)c2ccccc2)CC1.Cl. The van der Waals surface area contributed by atoms with Crippen LogP contribution in [0.2, 0.25) is 0 Å². The van der Waals surface area contributed by atoms with E-state index in [1.54, 1.807) is 4.90 Å². The van der Waals surface area contributed by atoms with Crippen LogP contribution in [-0.4, -0.2) is 56.0 Å². The van der Waals surface area contributed by atoms with Gasteiger partial charge in [0.15, 0.2) is 0 Å². The average molecular weight is 348 g/mol. The predicted octanol–water partition coefficient (Wildman–Crippen LogP) is 0.602. The fourth-order valence-electron chi connectivity index (χ4n) is 2.40. The van der Waals surface area contributed by atoms with Crippen LogP contribution in [0.25, 0.3) is 0 Å². The van der Waals surface area contributed by atoms with Gasteiger partial charge in [-0.15, -0.1) is 12.4 Å². The number of piperazine rings is 1. The average Bonchev–Trinajstić information content (AvgIpc) is 2.47. The smallest absolute Gasteiger partial charge is 0.224 e. The molecule has 1 saturated heterocycles. The Morgan fingerprint density at radius 1 is 1.18 bits per heavy atom. The third-order valence-corrected chi connectivity index (χ3v) is 4.99.